The summed E-state index contributed by atoms with van der Waals surface area (Å²) in [6, 6.07) is 4.42. The summed E-state index contributed by atoms with van der Waals surface area (Å²) < 4.78 is 77.9. The molecule has 2 saturated heterocycles. The van der Waals surface area contributed by atoms with E-state index in [0.29, 0.717) is 197 Å². The minimum absolute atomic E-state index is 0.0178. The van der Waals surface area contributed by atoms with E-state index in [2.05, 4.69) is 26.3 Å². The maximum absolute atomic E-state index is 14.5. The van der Waals surface area contributed by atoms with Crippen molar-refractivity contribution < 1.29 is 109 Å². The van der Waals surface area contributed by atoms with Crippen LogP contribution < -0.4 is 45.1 Å². The Morgan fingerprint density at radius 2 is 1.03 bits per heavy atom. The van der Waals surface area contributed by atoms with E-state index in [0.717, 1.165) is 42.7 Å². The van der Waals surface area contributed by atoms with E-state index in [1.54, 1.807) is 48.1 Å². The summed E-state index contributed by atoms with van der Waals surface area (Å²) in [5.74, 6) is -1.82. The van der Waals surface area contributed by atoms with E-state index >= 15 is 0 Å². The van der Waals surface area contributed by atoms with Gasteiger partial charge >= 0.3 is 0 Å². The highest BCUT2D eigenvalue weighted by molar-refractivity contribution is 6.13. The fraction of sp³-hybridized carbons (Fsp3) is 0.671. The quantitative estimate of drug-likeness (QED) is 0.0545. The van der Waals surface area contributed by atoms with Gasteiger partial charge in [0, 0.05) is 89.7 Å². The van der Waals surface area contributed by atoms with Crippen molar-refractivity contribution in [3.63, 3.8) is 0 Å². The lowest BCUT2D eigenvalue weighted by Crippen LogP contribution is -2.50. The van der Waals surface area contributed by atoms with Gasteiger partial charge in [-0.25, -0.2) is 0 Å². The third-order valence-electron chi connectivity index (χ3n) is 17.7. The molecule has 2 aromatic rings. The number of methoxy groups -OCH3 is 3. The zero-order chi connectivity index (χ0) is 74.8. The molecular formula is C73H109N9O23. The lowest BCUT2D eigenvalue weighted by atomic mass is 10.1. The zero-order valence-electron chi connectivity index (χ0n) is 61.5. The number of hydrogen-bond donors (Lipinski definition) is 4. The maximum atomic E-state index is 14.5. The molecule has 0 aromatic heterocycles. The SMILES string of the molecule is COCCOCCOCCOCCOCCOCCOCCOCCOCCOCC(=O)NCCCC[C@H](NC(=O)CCCN1C(=O)C=CC1=O)C(=O)NCCCC(=O)N[C@@H](C)C(=O)N1C[C@@H]2CCCN2C(=O)c2cc(OC)c(OCCCCCOc3cc4c(cc3OC)C(=O)N3CCC[C@H]3C=N4)cc21. The monoisotopic (exact) mass is 1480 g/mol. The number of carbonyl (C=O) groups excluding carboxylic acids is 9. The standard InChI is InChI=1S/C73H109N9O23/c1-53(71(89)82-51-55-15-12-24-80(55)73(91)57-47-62(94-4)64(49-60(57)82)105-27-9-5-8-26-104-63-48-59-56(46-61(63)93-3)72(90)79-23-11-14-54(79)50-76-59)77-65(83)17-10-22-75-70(88)58(78-66(84)18-13-25-81-68(86)19-20-69(81)87)16-6-7-21-74-67(85)52-103-45-44-102-43-42-101-41-40-100-39-38-99-37-36-98-35-34-97-33-32-96-31-30-95-29-28-92-2/h19-20,46-50,53-55,58H,5-18,21-45,51-52H2,1-4H3,(H,74,85)(H,75,88)(H,77,83)(H,78,84)/t53-,54-,55-,58-/m0/s1. The lowest BCUT2D eigenvalue weighted by molar-refractivity contribution is -0.137. The van der Waals surface area contributed by atoms with Crippen LogP contribution in [0.15, 0.2) is 41.4 Å². The van der Waals surface area contributed by atoms with Gasteiger partial charge in [0.15, 0.2) is 23.0 Å². The number of fused-ring (bicyclic) bond motifs is 4. The molecule has 105 heavy (non-hydrogen) atoms. The number of imide groups is 1. The van der Waals surface area contributed by atoms with Gasteiger partial charge in [-0.1, -0.05) is 0 Å². The van der Waals surface area contributed by atoms with Crippen LogP contribution >= 0.6 is 0 Å². The Balaban J connectivity index is 0.757. The second-order valence-electron chi connectivity index (χ2n) is 25.4. The van der Waals surface area contributed by atoms with Crippen molar-refractivity contribution in [3.8, 4) is 23.0 Å². The summed E-state index contributed by atoms with van der Waals surface area (Å²) in [6.07, 6.45) is 10.8. The minimum atomic E-state index is -1.02. The predicted molar refractivity (Wildman–Crippen MR) is 382 cm³/mol. The fourth-order valence-corrected chi connectivity index (χ4v) is 12.1. The molecule has 32 heteroatoms. The van der Waals surface area contributed by atoms with Gasteiger partial charge in [-0.2, -0.15) is 0 Å². The van der Waals surface area contributed by atoms with Crippen molar-refractivity contribution in [2.75, 3.05) is 204 Å². The largest absolute Gasteiger partial charge is 0.493 e. The van der Waals surface area contributed by atoms with Gasteiger partial charge in [0.25, 0.3) is 23.6 Å². The molecule has 0 spiro atoms. The second-order valence-corrected chi connectivity index (χ2v) is 25.4. The van der Waals surface area contributed by atoms with Crippen LogP contribution in [0.3, 0.4) is 0 Å². The molecular weight excluding hydrogens is 1370 g/mol. The Bertz CT molecular complexity index is 3120. The van der Waals surface area contributed by atoms with E-state index in [1.807, 2.05) is 11.1 Å². The van der Waals surface area contributed by atoms with Crippen LogP contribution in [0.4, 0.5) is 11.4 Å². The van der Waals surface area contributed by atoms with Gasteiger partial charge in [-0.15, -0.1) is 0 Å². The van der Waals surface area contributed by atoms with Crippen LogP contribution in [-0.4, -0.2) is 298 Å². The number of rotatable bonds is 56. The molecule has 7 rings (SSSR count). The van der Waals surface area contributed by atoms with Gasteiger partial charge in [-0.3, -0.25) is 53.0 Å². The first-order chi connectivity index (χ1) is 51.2. The number of amides is 9. The molecule has 4 atom stereocenters. The summed E-state index contributed by atoms with van der Waals surface area (Å²) in [5, 5.41) is 11.2. The van der Waals surface area contributed by atoms with Gasteiger partial charge in [0.2, 0.25) is 29.5 Å². The molecule has 2 fully saturated rings. The van der Waals surface area contributed by atoms with E-state index in [9.17, 15) is 43.2 Å². The van der Waals surface area contributed by atoms with Crippen LogP contribution in [0.25, 0.3) is 0 Å². The Kier molecular flexibility index (Phi) is 38.8. The summed E-state index contributed by atoms with van der Waals surface area (Å²) in [7, 11) is 4.65. The van der Waals surface area contributed by atoms with Crippen molar-refractivity contribution in [2.45, 2.75) is 121 Å². The molecule has 5 aliphatic rings. The number of aliphatic imine (C=N–C) groups is 1. The zero-order valence-corrected chi connectivity index (χ0v) is 61.5. The highest BCUT2D eigenvalue weighted by atomic mass is 16.6. The van der Waals surface area contributed by atoms with Crippen LogP contribution in [0.2, 0.25) is 0 Å². The number of unbranched alkanes of at least 4 members (excludes halogenated alkanes) is 3. The number of nitrogens with zero attached hydrogens (tertiary/aromatic N) is 5. The Morgan fingerprint density at radius 1 is 0.514 bits per heavy atom. The number of anilines is 1. The van der Waals surface area contributed by atoms with Crippen LogP contribution in [0.5, 0.6) is 23.0 Å². The lowest BCUT2D eigenvalue weighted by Gasteiger charge is -2.29. The summed E-state index contributed by atoms with van der Waals surface area (Å²) in [6.45, 7) is 11.5. The van der Waals surface area contributed by atoms with E-state index in [-0.39, 0.29) is 120 Å². The van der Waals surface area contributed by atoms with Crippen LogP contribution in [0.1, 0.15) is 118 Å². The van der Waals surface area contributed by atoms with Crippen LogP contribution in [0, 0.1) is 0 Å². The van der Waals surface area contributed by atoms with Crippen molar-refractivity contribution in [3.05, 3.63) is 47.5 Å². The molecule has 0 saturated carbocycles. The van der Waals surface area contributed by atoms with Crippen molar-refractivity contribution in [2.24, 2.45) is 4.99 Å². The molecule has 584 valence electrons. The molecule has 5 aliphatic heterocycles. The number of hydrogen-bond acceptors (Lipinski definition) is 24. The summed E-state index contributed by atoms with van der Waals surface area (Å²) in [5.41, 5.74) is 1.64. The first-order valence-corrected chi connectivity index (χ1v) is 36.7. The second kappa shape index (κ2) is 48.3. The molecule has 32 nitrogen and oxygen atoms in total. The molecule has 4 N–H and O–H groups in total. The highest BCUT2D eigenvalue weighted by Crippen LogP contribution is 2.41. The first-order valence-electron chi connectivity index (χ1n) is 36.7. The molecule has 0 radical (unpaired) electrons. The average molecular weight is 1480 g/mol. The Morgan fingerprint density at radius 3 is 1.62 bits per heavy atom. The smallest absolute Gasteiger partial charge is 0.256 e. The molecule has 2 aromatic carbocycles. The molecule has 9 amide bonds. The van der Waals surface area contributed by atoms with E-state index in [1.165, 1.54) is 14.2 Å². The first kappa shape index (κ1) is 84.3. The highest BCUT2D eigenvalue weighted by Gasteiger charge is 2.41. The number of nitrogens with one attached hydrogen (secondary N) is 4. The Hall–Kier alpha value is -7.92. The summed E-state index contributed by atoms with van der Waals surface area (Å²) >= 11 is 0. The van der Waals surface area contributed by atoms with Gasteiger partial charge in [-0.05, 0) is 96.1 Å². The number of carbonyl (C=O) groups is 9. The summed E-state index contributed by atoms with van der Waals surface area (Å²) in [4.78, 5) is 130. The van der Waals surface area contributed by atoms with Gasteiger partial charge < -0.3 is 102 Å². The predicted octanol–water partition coefficient (Wildman–Crippen LogP) is 3.28. The van der Waals surface area contributed by atoms with Gasteiger partial charge in [0.1, 0.15) is 18.7 Å². The third kappa shape index (κ3) is 29.1. The molecule has 0 unspecified atom stereocenters. The normalized spacial score (nSPS) is 16.5. The van der Waals surface area contributed by atoms with Crippen LogP contribution in [-0.2, 0) is 80.9 Å². The van der Waals surface area contributed by atoms with Crippen molar-refractivity contribution in [1.82, 2.24) is 36.0 Å². The van der Waals surface area contributed by atoms with E-state index in [4.69, 9.17) is 66.3 Å². The average Bonchev–Trinajstić information content (AvgIpc) is 1.68. The Labute approximate surface area is 614 Å². The van der Waals surface area contributed by atoms with E-state index < -0.39 is 47.5 Å². The number of benzene rings is 2. The van der Waals surface area contributed by atoms with Crippen molar-refractivity contribution in [1.29, 1.82) is 0 Å². The maximum Gasteiger partial charge on any atom is 0.256 e. The molecule has 5 heterocycles. The van der Waals surface area contributed by atoms with Gasteiger partial charge in [0.05, 0.1) is 181 Å². The number of ether oxygens (including phenoxy) is 14. The topological polar surface area (TPSA) is 356 Å². The minimum Gasteiger partial charge on any atom is -0.493 e. The third-order valence-corrected chi connectivity index (χ3v) is 17.7. The van der Waals surface area contributed by atoms with Crippen molar-refractivity contribution >= 4 is 70.8 Å². The molecule has 0 aliphatic carbocycles. The molecule has 0 bridgehead atoms. The fourth-order valence-electron chi connectivity index (χ4n) is 12.1.